The summed E-state index contributed by atoms with van der Waals surface area (Å²) in [4.78, 5) is 8.40. The topological polar surface area (TPSA) is 25.8 Å². The maximum absolute atomic E-state index is 4.23. The van der Waals surface area contributed by atoms with Crippen molar-refractivity contribution in [3.8, 4) is 44.5 Å². The molecular weight excluding hydrogens is 544 g/mol. The summed E-state index contributed by atoms with van der Waals surface area (Å²) in [5.41, 5.74) is 12.3. The lowest BCUT2D eigenvalue weighted by molar-refractivity contribution is 1.16. The average Bonchev–Trinajstić information content (AvgIpc) is 3.12. The third-order valence-electron chi connectivity index (χ3n) is 8.70. The van der Waals surface area contributed by atoms with E-state index in [0.29, 0.717) is 0 Å². The largest absolute Gasteiger partial charge is 0.265 e. The van der Waals surface area contributed by atoms with Gasteiger partial charge < -0.3 is 0 Å². The van der Waals surface area contributed by atoms with Gasteiger partial charge in [0.15, 0.2) is 0 Å². The molecule has 0 amide bonds. The number of nitrogens with zero attached hydrogens (tertiary/aromatic N) is 2. The van der Waals surface area contributed by atoms with Crippen molar-refractivity contribution in [2.45, 2.75) is 6.42 Å². The maximum atomic E-state index is 4.23. The van der Waals surface area contributed by atoms with E-state index >= 15 is 0 Å². The molecule has 0 radical (unpaired) electrons. The van der Waals surface area contributed by atoms with Crippen LogP contribution in [-0.2, 0) is 6.42 Å². The highest BCUT2D eigenvalue weighted by atomic mass is 14.6. The molecule has 2 heterocycles. The normalized spacial score (nSPS) is 11.2. The zero-order chi connectivity index (χ0) is 30.0. The first kappa shape index (κ1) is 26.7. The predicted octanol–water partition coefficient (Wildman–Crippen LogP) is 11.0. The quantitative estimate of drug-likeness (QED) is 0.185. The average molecular weight is 575 g/mol. The molecule has 2 heteroatoms. The lowest BCUT2D eigenvalue weighted by Crippen LogP contribution is -1.93. The molecule has 8 rings (SSSR count). The molecule has 6 aromatic carbocycles. The van der Waals surface area contributed by atoms with Crippen LogP contribution in [0.4, 0.5) is 0 Å². The highest BCUT2D eigenvalue weighted by Gasteiger charge is 2.18. The molecule has 0 saturated heterocycles. The highest BCUT2D eigenvalue weighted by Crippen LogP contribution is 2.45. The van der Waals surface area contributed by atoms with Crippen LogP contribution in [0.5, 0.6) is 0 Å². The van der Waals surface area contributed by atoms with Crippen LogP contribution < -0.4 is 0 Å². The SMILES string of the molecule is c1ccc(-c2ccc3c(-c4cccc(-c5ccncc5)c4)c4ccccc4c(-c4ccc(Cc5ccncc5)cc4)c3c2)cc1. The molecule has 0 aliphatic heterocycles. The third-order valence-corrected chi connectivity index (χ3v) is 8.70. The monoisotopic (exact) mass is 574 g/mol. The summed E-state index contributed by atoms with van der Waals surface area (Å²) >= 11 is 0. The molecule has 0 aliphatic carbocycles. The zero-order valence-electron chi connectivity index (χ0n) is 24.8. The van der Waals surface area contributed by atoms with Gasteiger partial charge in [-0.15, -0.1) is 0 Å². The van der Waals surface area contributed by atoms with Crippen molar-refractivity contribution in [1.82, 2.24) is 9.97 Å². The number of pyridine rings is 2. The Balaban J connectivity index is 1.37. The van der Waals surface area contributed by atoms with Gasteiger partial charge in [-0.05, 0) is 120 Å². The summed E-state index contributed by atoms with van der Waals surface area (Å²) in [7, 11) is 0. The number of aromatic nitrogens is 2. The van der Waals surface area contributed by atoms with Crippen LogP contribution in [0.25, 0.3) is 66.1 Å². The minimum Gasteiger partial charge on any atom is -0.265 e. The van der Waals surface area contributed by atoms with E-state index in [-0.39, 0.29) is 0 Å². The molecule has 2 aromatic heterocycles. The third kappa shape index (κ3) is 5.17. The second-order valence-corrected chi connectivity index (χ2v) is 11.5. The van der Waals surface area contributed by atoms with Crippen LogP contribution in [0.15, 0.2) is 170 Å². The summed E-state index contributed by atoms with van der Waals surface area (Å²) in [6, 6.07) is 52.8. The molecule has 8 aromatic rings. The van der Waals surface area contributed by atoms with Crippen LogP contribution in [0.3, 0.4) is 0 Å². The van der Waals surface area contributed by atoms with E-state index in [2.05, 4.69) is 156 Å². The first-order valence-electron chi connectivity index (χ1n) is 15.3. The molecule has 0 bridgehead atoms. The minimum atomic E-state index is 0.884. The van der Waals surface area contributed by atoms with Crippen molar-refractivity contribution in [2.75, 3.05) is 0 Å². The fourth-order valence-electron chi connectivity index (χ4n) is 6.53. The van der Waals surface area contributed by atoms with Crippen molar-refractivity contribution < 1.29 is 0 Å². The van der Waals surface area contributed by atoms with Crippen LogP contribution in [0.2, 0.25) is 0 Å². The number of benzene rings is 6. The number of rotatable bonds is 6. The van der Waals surface area contributed by atoms with Crippen LogP contribution in [-0.4, -0.2) is 9.97 Å². The number of hydrogen-bond acceptors (Lipinski definition) is 2. The summed E-state index contributed by atoms with van der Waals surface area (Å²) in [5.74, 6) is 0. The van der Waals surface area contributed by atoms with Crippen LogP contribution in [0, 0.1) is 0 Å². The molecule has 0 spiro atoms. The van der Waals surface area contributed by atoms with E-state index < -0.39 is 0 Å². The standard InChI is InChI=1S/C43H30N2/c1-2-7-32(8-3-1)36-17-18-40-41(29-36)42(34-15-13-30(14-16-34)27-31-19-23-44-24-20-31)38-11-4-5-12-39(38)43(40)37-10-6-9-35(28-37)33-21-25-45-26-22-33/h1-26,28-29H,27H2. The summed E-state index contributed by atoms with van der Waals surface area (Å²) in [5, 5.41) is 5.00. The lowest BCUT2D eigenvalue weighted by Gasteiger charge is -2.19. The molecule has 0 unspecified atom stereocenters. The van der Waals surface area contributed by atoms with Gasteiger partial charge in [0, 0.05) is 24.8 Å². The van der Waals surface area contributed by atoms with E-state index in [1.54, 1.807) is 0 Å². The van der Waals surface area contributed by atoms with Gasteiger partial charge in [0.2, 0.25) is 0 Å². The summed E-state index contributed by atoms with van der Waals surface area (Å²) in [6.45, 7) is 0. The van der Waals surface area contributed by atoms with Gasteiger partial charge in [0.05, 0.1) is 0 Å². The Hall–Kier alpha value is -5.86. The predicted molar refractivity (Wildman–Crippen MR) is 188 cm³/mol. The molecule has 212 valence electrons. The summed E-state index contributed by atoms with van der Waals surface area (Å²) in [6.07, 6.45) is 8.32. The Morgan fingerprint density at radius 1 is 0.311 bits per heavy atom. The second kappa shape index (κ2) is 11.7. The number of hydrogen-bond donors (Lipinski definition) is 0. The molecule has 0 N–H and O–H groups in total. The van der Waals surface area contributed by atoms with E-state index in [1.807, 2.05) is 24.8 Å². The first-order valence-corrected chi connectivity index (χ1v) is 15.3. The van der Waals surface area contributed by atoms with Crippen molar-refractivity contribution in [2.24, 2.45) is 0 Å². The molecule has 0 saturated carbocycles. The van der Waals surface area contributed by atoms with E-state index in [4.69, 9.17) is 0 Å². The van der Waals surface area contributed by atoms with Gasteiger partial charge >= 0.3 is 0 Å². The Kier molecular flexibility index (Phi) is 6.94. The zero-order valence-corrected chi connectivity index (χ0v) is 24.8. The first-order chi connectivity index (χ1) is 22.3. The Morgan fingerprint density at radius 3 is 1.56 bits per heavy atom. The minimum absolute atomic E-state index is 0.884. The van der Waals surface area contributed by atoms with Gasteiger partial charge in [-0.25, -0.2) is 0 Å². The van der Waals surface area contributed by atoms with Gasteiger partial charge in [0.25, 0.3) is 0 Å². The van der Waals surface area contributed by atoms with Crippen molar-refractivity contribution >= 4 is 21.5 Å². The Labute approximate surface area is 263 Å². The second-order valence-electron chi connectivity index (χ2n) is 11.5. The smallest absolute Gasteiger partial charge is 0.0273 e. The van der Waals surface area contributed by atoms with Crippen molar-refractivity contribution in [3.63, 3.8) is 0 Å². The van der Waals surface area contributed by atoms with Gasteiger partial charge in [-0.3, -0.25) is 9.97 Å². The molecule has 0 fully saturated rings. The van der Waals surface area contributed by atoms with Crippen molar-refractivity contribution in [3.05, 3.63) is 182 Å². The Morgan fingerprint density at radius 2 is 0.822 bits per heavy atom. The fraction of sp³-hybridized carbons (Fsp3) is 0.0233. The maximum Gasteiger partial charge on any atom is 0.0273 e. The lowest BCUT2D eigenvalue weighted by atomic mass is 9.84. The van der Waals surface area contributed by atoms with Gasteiger partial charge in [-0.1, -0.05) is 109 Å². The van der Waals surface area contributed by atoms with Gasteiger partial charge in [-0.2, -0.15) is 0 Å². The van der Waals surface area contributed by atoms with Gasteiger partial charge in [0.1, 0.15) is 0 Å². The van der Waals surface area contributed by atoms with Crippen LogP contribution in [0.1, 0.15) is 11.1 Å². The number of fused-ring (bicyclic) bond motifs is 2. The molecular formula is C43H30N2. The summed E-state index contributed by atoms with van der Waals surface area (Å²) < 4.78 is 0. The molecule has 45 heavy (non-hydrogen) atoms. The molecule has 0 aliphatic rings. The molecule has 2 nitrogen and oxygen atoms in total. The van der Waals surface area contributed by atoms with Crippen LogP contribution >= 0.6 is 0 Å². The Bertz CT molecular complexity index is 2260. The van der Waals surface area contributed by atoms with E-state index in [1.165, 1.54) is 71.6 Å². The fourth-order valence-corrected chi connectivity index (χ4v) is 6.53. The van der Waals surface area contributed by atoms with E-state index in [9.17, 15) is 0 Å². The highest BCUT2D eigenvalue weighted by molar-refractivity contribution is 6.22. The van der Waals surface area contributed by atoms with E-state index in [0.717, 1.165) is 12.0 Å². The van der Waals surface area contributed by atoms with Crippen molar-refractivity contribution in [1.29, 1.82) is 0 Å². The molecule has 0 atom stereocenters.